The topological polar surface area (TPSA) is 206 Å². The van der Waals surface area contributed by atoms with Gasteiger partial charge in [-0.25, -0.2) is 4.79 Å². The van der Waals surface area contributed by atoms with Crippen LogP contribution in [-0.2, 0) is 25.1 Å². The number of halogens is 2. The van der Waals surface area contributed by atoms with Gasteiger partial charge < -0.3 is 45.0 Å². The Labute approximate surface area is 243 Å². The third-order valence-electron chi connectivity index (χ3n) is 5.63. The second-order valence-corrected chi connectivity index (χ2v) is 14.8. The van der Waals surface area contributed by atoms with Gasteiger partial charge in [0, 0.05) is 43.5 Å². The molecule has 0 radical (unpaired) electrons. The summed E-state index contributed by atoms with van der Waals surface area (Å²) in [6.07, 6.45) is -1.80. The number of ether oxygens (including phenoxy) is 1. The van der Waals surface area contributed by atoms with Crippen molar-refractivity contribution in [2.24, 2.45) is 0 Å². The first kappa shape index (κ1) is 36.6. The van der Waals surface area contributed by atoms with E-state index in [1.165, 1.54) is 0 Å². The highest BCUT2D eigenvalue weighted by atomic mass is 35.5. The molecule has 0 aliphatic rings. The van der Waals surface area contributed by atoms with Crippen LogP contribution in [0.15, 0.2) is 24.3 Å². The van der Waals surface area contributed by atoms with Gasteiger partial charge in [-0.2, -0.15) is 0 Å². The molecule has 1 aromatic rings. The van der Waals surface area contributed by atoms with Crippen molar-refractivity contribution in [2.75, 3.05) is 36.3 Å². The molecule has 0 bridgehead atoms. The molecule has 0 saturated carbocycles. The lowest BCUT2D eigenvalue weighted by molar-refractivity contribution is -0.123. The van der Waals surface area contributed by atoms with Gasteiger partial charge in [0.15, 0.2) is 0 Å². The van der Waals surface area contributed by atoms with Crippen molar-refractivity contribution in [2.45, 2.75) is 63.2 Å². The van der Waals surface area contributed by atoms with Gasteiger partial charge in [0.1, 0.15) is 11.6 Å². The molecule has 1 aromatic carbocycles. The number of amides is 2. The molecule has 40 heavy (non-hydrogen) atoms. The number of hydrogen-bond acceptors (Lipinski definition) is 7. The summed E-state index contributed by atoms with van der Waals surface area (Å²) in [5.74, 6) is 0.248. The average molecular weight is 650 g/mol. The number of nitrogens with one attached hydrogen (secondary N) is 2. The number of carbonyl (C=O) groups excluding carboxylic acids is 2. The van der Waals surface area contributed by atoms with Crippen LogP contribution in [-0.4, -0.2) is 84.8 Å². The SMILES string of the molecule is CC(C)(C)OC(=O)N[C@@H](Cc1ccc(N(CCCl)CCCl)cc1)C(=O)NCCCCC(O)(P(=O)(O)O)P(=O)(O)O. The predicted molar refractivity (Wildman–Crippen MR) is 153 cm³/mol. The summed E-state index contributed by atoms with van der Waals surface area (Å²) in [6, 6.07) is 6.24. The molecular weight excluding hydrogens is 611 g/mol. The maximum atomic E-state index is 13.0. The molecule has 1 rings (SSSR count). The van der Waals surface area contributed by atoms with Crippen LogP contribution in [0.1, 0.15) is 45.6 Å². The minimum atomic E-state index is -5.56. The van der Waals surface area contributed by atoms with Crippen LogP contribution >= 0.6 is 38.4 Å². The zero-order valence-corrected chi connectivity index (χ0v) is 25.9. The van der Waals surface area contributed by atoms with Crippen molar-refractivity contribution >= 4 is 56.1 Å². The largest absolute Gasteiger partial charge is 0.444 e. The molecule has 7 N–H and O–H groups in total. The van der Waals surface area contributed by atoms with Crippen molar-refractivity contribution in [3.8, 4) is 0 Å². The number of anilines is 1. The summed E-state index contributed by atoms with van der Waals surface area (Å²) in [4.78, 5) is 64.3. The van der Waals surface area contributed by atoms with Crippen molar-refractivity contribution in [3.63, 3.8) is 0 Å². The van der Waals surface area contributed by atoms with Crippen LogP contribution in [0.2, 0.25) is 0 Å². The highest BCUT2D eigenvalue weighted by Crippen LogP contribution is 2.69. The number of unbranched alkanes of at least 4 members (excludes halogenated alkanes) is 1. The van der Waals surface area contributed by atoms with Crippen LogP contribution in [0.3, 0.4) is 0 Å². The number of carbonyl (C=O) groups is 2. The summed E-state index contributed by atoms with van der Waals surface area (Å²) in [7, 11) is -11.1. The summed E-state index contributed by atoms with van der Waals surface area (Å²) in [5, 5.41) is 11.6. The Kier molecular flexibility index (Phi) is 14.4. The molecule has 0 aliphatic heterocycles. The summed E-state index contributed by atoms with van der Waals surface area (Å²) >= 11 is 11.7. The zero-order valence-electron chi connectivity index (χ0n) is 22.6. The maximum Gasteiger partial charge on any atom is 0.408 e. The van der Waals surface area contributed by atoms with Crippen molar-refractivity contribution in [3.05, 3.63) is 29.8 Å². The van der Waals surface area contributed by atoms with Gasteiger partial charge in [-0.3, -0.25) is 13.9 Å². The quantitative estimate of drug-likeness (QED) is 0.0787. The van der Waals surface area contributed by atoms with E-state index in [4.69, 9.17) is 27.9 Å². The molecule has 0 unspecified atom stereocenters. The van der Waals surface area contributed by atoms with Crippen LogP contribution in [0.4, 0.5) is 10.5 Å². The molecule has 0 fully saturated rings. The fourth-order valence-electron chi connectivity index (χ4n) is 3.59. The molecule has 2 amide bonds. The van der Waals surface area contributed by atoms with Crippen LogP contribution < -0.4 is 15.5 Å². The highest BCUT2D eigenvalue weighted by molar-refractivity contribution is 7.72. The summed E-state index contributed by atoms with van der Waals surface area (Å²) < 4.78 is 28.2. The van der Waals surface area contributed by atoms with Crippen LogP contribution in [0.25, 0.3) is 0 Å². The predicted octanol–water partition coefficient (Wildman–Crippen LogP) is 2.69. The Hall–Kier alpha value is -1.40. The fraction of sp³-hybridized carbons (Fsp3) is 0.652. The third kappa shape index (κ3) is 11.8. The smallest absolute Gasteiger partial charge is 0.408 e. The van der Waals surface area contributed by atoms with Crippen molar-refractivity contribution in [1.82, 2.24) is 10.6 Å². The Balaban J connectivity index is 2.91. The molecule has 0 aliphatic carbocycles. The first-order chi connectivity index (χ1) is 18.3. The van der Waals surface area contributed by atoms with Gasteiger partial charge in [-0.1, -0.05) is 12.1 Å². The van der Waals surface area contributed by atoms with E-state index in [-0.39, 0.29) is 25.8 Å². The monoisotopic (exact) mass is 649 g/mol. The molecule has 17 heteroatoms. The normalized spacial score (nSPS) is 13.4. The lowest BCUT2D eigenvalue weighted by atomic mass is 10.0. The molecular formula is C23H39Cl2N3O10P2. The molecule has 0 saturated heterocycles. The fourth-order valence-corrected chi connectivity index (χ4v) is 6.26. The standard InChI is InChI=1S/C23H39Cl2N3O10P2/c1-22(2,3)38-21(30)27-19(16-17-6-8-18(9-7-17)28(14-11-24)15-12-25)20(29)26-13-5-4-10-23(31,39(32,33)34)40(35,36)37/h6-9,19,31H,4-5,10-16H2,1-3H3,(H,26,29)(H,27,30)(H2,32,33,34)(H2,35,36,37)/t19-/m0/s1. The van der Waals surface area contributed by atoms with Crippen molar-refractivity contribution < 1.29 is 48.1 Å². The molecule has 0 aromatic heterocycles. The number of rotatable bonds is 16. The van der Waals surface area contributed by atoms with Gasteiger partial charge in [0.2, 0.25) is 5.91 Å². The minimum absolute atomic E-state index is 0.0267. The van der Waals surface area contributed by atoms with Gasteiger partial charge >= 0.3 is 21.3 Å². The lowest BCUT2D eigenvalue weighted by Gasteiger charge is -2.29. The van der Waals surface area contributed by atoms with E-state index < -0.39 is 50.3 Å². The Bertz CT molecular complexity index is 1030. The Morgan fingerprint density at radius 2 is 1.50 bits per heavy atom. The van der Waals surface area contributed by atoms with E-state index in [0.29, 0.717) is 24.8 Å². The first-order valence-electron chi connectivity index (χ1n) is 12.4. The zero-order chi connectivity index (χ0) is 30.8. The number of aliphatic hydroxyl groups is 1. The number of benzene rings is 1. The average Bonchev–Trinajstić information content (AvgIpc) is 2.81. The van der Waals surface area contributed by atoms with Gasteiger partial charge in [-0.05, 0) is 57.7 Å². The lowest BCUT2D eigenvalue weighted by Crippen LogP contribution is -2.49. The summed E-state index contributed by atoms with van der Waals surface area (Å²) in [5.41, 5.74) is 0.803. The third-order valence-corrected chi connectivity index (χ3v) is 9.84. The molecule has 13 nitrogen and oxygen atoms in total. The van der Waals surface area contributed by atoms with Gasteiger partial charge in [-0.15, -0.1) is 23.2 Å². The maximum absolute atomic E-state index is 13.0. The van der Waals surface area contributed by atoms with E-state index in [0.717, 1.165) is 11.3 Å². The van der Waals surface area contributed by atoms with Crippen molar-refractivity contribution in [1.29, 1.82) is 0 Å². The number of hydrogen-bond donors (Lipinski definition) is 7. The number of nitrogens with zero attached hydrogens (tertiary/aromatic N) is 1. The van der Waals surface area contributed by atoms with E-state index in [9.17, 15) is 43.4 Å². The molecule has 230 valence electrons. The second kappa shape index (κ2) is 15.7. The van der Waals surface area contributed by atoms with Gasteiger partial charge in [0.05, 0.1) is 0 Å². The molecule has 1 atom stereocenters. The molecule has 0 heterocycles. The van der Waals surface area contributed by atoms with E-state index in [1.807, 2.05) is 17.0 Å². The van der Waals surface area contributed by atoms with E-state index in [1.54, 1.807) is 32.9 Å². The Morgan fingerprint density at radius 3 is 1.95 bits per heavy atom. The van der Waals surface area contributed by atoms with Crippen LogP contribution in [0, 0.1) is 0 Å². The van der Waals surface area contributed by atoms with Crippen LogP contribution in [0.5, 0.6) is 0 Å². The molecule has 0 spiro atoms. The Morgan fingerprint density at radius 1 is 0.975 bits per heavy atom. The summed E-state index contributed by atoms with van der Waals surface area (Å²) in [6.45, 7) is 6.14. The second-order valence-electron chi connectivity index (χ2n) is 10.0. The first-order valence-corrected chi connectivity index (χ1v) is 16.7. The minimum Gasteiger partial charge on any atom is -0.444 e. The van der Waals surface area contributed by atoms with E-state index >= 15 is 0 Å². The highest BCUT2D eigenvalue weighted by Gasteiger charge is 2.58. The number of alkyl halides is 2. The van der Waals surface area contributed by atoms with Gasteiger partial charge in [0.25, 0.3) is 5.08 Å². The van der Waals surface area contributed by atoms with E-state index in [2.05, 4.69) is 10.6 Å². The number of alkyl carbamates (subject to hydrolysis) is 1.